The third-order valence-electron chi connectivity index (χ3n) is 20.6. The quantitative estimate of drug-likeness (QED) is 0.0547. The summed E-state index contributed by atoms with van der Waals surface area (Å²) in [6, 6.07) is 57.9. The van der Waals surface area contributed by atoms with Crippen LogP contribution in [-0.4, -0.2) is 108 Å². The molecule has 0 spiro atoms. The van der Waals surface area contributed by atoms with Gasteiger partial charge in [-0.15, -0.1) is 34.0 Å². The molecule has 0 aliphatic carbocycles. The Hall–Kier alpha value is -9.37. The average Bonchev–Trinajstić information content (AvgIpc) is 1.62. The van der Waals surface area contributed by atoms with Crippen molar-refractivity contribution in [2.45, 2.75) is 78.7 Å². The van der Waals surface area contributed by atoms with Crippen molar-refractivity contribution in [2.75, 3.05) is 58.9 Å². The third kappa shape index (κ3) is 16.0. The van der Waals surface area contributed by atoms with E-state index in [-0.39, 0.29) is 52.0 Å². The van der Waals surface area contributed by atoms with Gasteiger partial charge in [-0.3, -0.25) is 24.2 Å². The summed E-state index contributed by atoms with van der Waals surface area (Å²) in [4.78, 5) is 51.2. The Morgan fingerprint density at radius 1 is 0.481 bits per heavy atom. The van der Waals surface area contributed by atoms with Crippen LogP contribution in [0.1, 0.15) is 106 Å². The molecule has 9 aromatic carbocycles. The highest BCUT2D eigenvalue weighted by molar-refractivity contribution is 7.22. The van der Waals surface area contributed by atoms with Crippen LogP contribution in [0.25, 0.3) is 30.3 Å². The Labute approximate surface area is 631 Å². The largest absolute Gasteiger partial charge is 0.508 e. The molecule has 3 fully saturated rings. The van der Waals surface area contributed by atoms with E-state index >= 15 is 0 Å². The van der Waals surface area contributed by atoms with Crippen molar-refractivity contribution in [2.24, 2.45) is 17.8 Å². The molecular formula is C87H79ClF3N3O9S3. The monoisotopic (exact) mass is 1500 g/mol. The normalized spacial score (nSPS) is 18.0. The van der Waals surface area contributed by atoms with Crippen LogP contribution in [0.3, 0.4) is 0 Å². The van der Waals surface area contributed by atoms with Crippen molar-refractivity contribution in [1.29, 1.82) is 0 Å². The van der Waals surface area contributed by atoms with E-state index in [1.807, 2.05) is 117 Å². The number of alkyl halides is 3. The molecule has 15 rings (SSSR count). The highest BCUT2D eigenvalue weighted by Gasteiger charge is 2.38. The highest BCUT2D eigenvalue weighted by atomic mass is 35.5. The number of fused-ring (bicyclic) bond motifs is 3. The van der Waals surface area contributed by atoms with Crippen LogP contribution in [0.2, 0.25) is 5.02 Å². The standard InChI is InChI=1S/C87H79ClF3N3O9S3/c1-51-10-11-53(3)71(42-51)80(98)86-82(68-31-22-61(95)43-75(68)104-86)102-63-27-16-58(17-28-63)37-41-93-47-54(4)73(49-93)99-65-29-32-69-76(44-65)105-84(78(96)59-18-20-60(88)21-19-59)81(69)101-62-25-14-57(15-26-62)36-40-94-48-55(5)74(50-94)100-66-30-33-70-77(45-66)106-85(79(97)67-8-6-7-9-72(67)87(89,90)91)83(70)103-64-23-12-56(13-24-64)35-39-92-38-34-52(2)46-92/h6-33,42-45,52,54-55,73-74,95H,34-41,46-50H2,1-5H3/t52-,54+,55+,73?,74?/m0/s1. The molecule has 3 aromatic heterocycles. The van der Waals surface area contributed by atoms with Gasteiger partial charge in [0.25, 0.3) is 0 Å². The number of ketones is 3. The van der Waals surface area contributed by atoms with Gasteiger partial charge in [-0.05, 0) is 202 Å². The van der Waals surface area contributed by atoms with E-state index < -0.39 is 23.1 Å². The van der Waals surface area contributed by atoms with E-state index in [2.05, 4.69) is 59.7 Å². The van der Waals surface area contributed by atoms with E-state index in [0.717, 1.165) is 137 Å². The lowest BCUT2D eigenvalue weighted by atomic mass is 10.0. The van der Waals surface area contributed by atoms with Gasteiger partial charge in [0.05, 0.1) is 5.56 Å². The first-order valence-electron chi connectivity index (χ1n) is 36.0. The van der Waals surface area contributed by atoms with Crippen molar-refractivity contribution >= 4 is 93.2 Å². The fourth-order valence-corrected chi connectivity index (χ4v) is 18.1. The molecule has 12 nitrogen and oxygen atoms in total. The maximum Gasteiger partial charge on any atom is 0.417 e. The van der Waals surface area contributed by atoms with Gasteiger partial charge in [-0.25, -0.2) is 0 Å². The summed E-state index contributed by atoms with van der Waals surface area (Å²) in [5.41, 5.74) is 4.95. The zero-order chi connectivity index (χ0) is 73.5. The van der Waals surface area contributed by atoms with Crippen molar-refractivity contribution < 1.29 is 56.3 Å². The fourth-order valence-electron chi connectivity index (χ4n) is 14.7. The van der Waals surface area contributed by atoms with Crippen LogP contribution in [0.5, 0.6) is 51.7 Å². The second-order valence-corrected chi connectivity index (χ2v) is 32.2. The topological polar surface area (TPSA) is 127 Å². The number of halogens is 4. The number of ether oxygens (including phenoxy) is 5. The van der Waals surface area contributed by atoms with Gasteiger partial charge in [0, 0.05) is 116 Å². The zero-order valence-corrected chi connectivity index (χ0v) is 62.6. The summed E-state index contributed by atoms with van der Waals surface area (Å²) in [5, 5.41) is 13.0. The fraction of sp³-hybridized carbons (Fsp3) is 0.276. The molecule has 0 saturated carbocycles. The average molecular weight is 1500 g/mol. The molecule has 5 atom stereocenters. The van der Waals surface area contributed by atoms with Gasteiger partial charge in [0.15, 0.2) is 17.2 Å². The Bertz CT molecular complexity index is 5250. The van der Waals surface area contributed by atoms with Crippen LogP contribution in [0.15, 0.2) is 194 Å². The highest BCUT2D eigenvalue weighted by Crippen LogP contribution is 2.48. The molecule has 0 bridgehead atoms. The molecule has 3 aliphatic heterocycles. The summed E-state index contributed by atoms with van der Waals surface area (Å²) in [6.07, 6.45) is -1.30. The van der Waals surface area contributed by atoms with Gasteiger partial charge in [0.1, 0.15) is 61.3 Å². The number of benzene rings is 9. The lowest BCUT2D eigenvalue weighted by Crippen LogP contribution is -2.27. The van der Waals surface area contributed by atoms with Gasteiger partial charge < -0.3 is 33.7 Å². The molecule has 0 radical (unpaired) electrons. The molecule has 3 aliphatic rings. The van der Waals surface area contributed by atoms with Crippen LogP contribution < -0.4 is 23.7 Å². The molecule has 6 heterocycles. The summed E-state index contributed by atoms with van der Waals surface area (Å²) >= 11 is 10.1. The minimum Gasteiger partial charge on any atom is -0.508 e. The number of phenols is 1. The third-order valence-corrected chi connectivity index (χ3v) is 24.3. The molecule has 0 amide bonds. The number of likely N-dealkylation sites (tertiary alicyclic amines) is 3. The number of carbonyl (C=O) groups is 3. The molecule has 1 N–H and O–H groups in total. The van der Waals surface area contributed by atoms with Gasteiger partial charge in [0.2, 0.25) is 17.3 Å². The summed E-state index contributed by atoms with van der Waals surface area (Å²) in [7, 11) is 0. The summed E-state index contributed by atoms with van der Waals surface area (Å²) in [5.74, 6) is 4.32. The number of aromatic hydroxyl groups is 1. The lowest BCUT2D eigenvalue weighted by molar-refractivity contribution is -0.137. The molecule has 3 saturated heterocycles. The minimum atomic E-state index is -4.74. The van der Waals surface area contributed by atoms with E-state index in [1.54, 1.807) is 42.5 Å². The number of carbonyl (C=O) groups excluding carboxylic acids is 3. The number of thiophene rings is 3. The molecule has 542 valence electrons. The molecule has 19 heteroatoms. The first-order chi connectivity index (χ1) is 51.2. The number of rotatable bonds is 25. The maximum absolute atomic E-state index is 14.4. The van der Waals surface area contributed by atoms with E-state index in [0.29, 0.717) is 88.7 Å². The predicted molar refractivity (Wildman–Crippen MR) is 417 cm³/mol. The number of phenolic OH excluding ortho intramolecular Hbond substituents is 1. The Morgan fingerprint density at radius 2 is 0.925 bits per heavy atom. The van der Waals surface area contributed by atoms with Crippen LogP contribution in [-0.2, 0) is 25.4 Å². The first kappa shape index (κ1) is 72.2. The van der Waals surface area contributed by atoms with Crippen LogP contribution in [0.4, 0.5) is 13.2 Å². The van der Waals surface area contributed by atoms with Crippen molar-refractivity contribution in [3.63, 3.8) is 0 Å². The van der Waals surface area contributed by atoms with E-state index in [9.17, 15) is 32.7 Å². The van der Waals surface area contributed by atoms with Crippen LogP contribution >= 0.6 is 45.6 Å². The van der Waals surface area contributed by atoms with Crippen LogP contribution in [0, 0.1) is 31.6 Å². The van der Waals surface area contributed by atoms with Gasteiger partial charge >= 0.3 is 6.18 Å². The lowest BCUT2D eigenvalue weighted by Gasteiger charge is -2.18. The number of hydrogen-bond donors (Lipinski definition) is 1. The van der Waals surface area contributed by atoms with Crippen molar-refractivity contribution in [3.8, 4) is 51.7 Å². The van der Waals surface area contributed by atoms with Gasteiger partial charge in [-0.2, -0.15) is 13.2 Å². The van der Waals surface area contributed by atoms with Crippen molar-refractivity contribution in [3.05, 3.63) is 264 Å². The first-order valence-corrected chi connectivity index (χ1v) is 38.8. The second kappa shape index (κ2) is 30.8. The minimum absolute atomic E-state index is 0.0666. The molecule has 106 heavy (non-hydrogen) atoms. The van der Waals surface area contributed by atoms with E-state index in [1.165, 1.54) is 47.3 Å². The number of hydrogen-bond acceptors (Lipinski definition) is 15. The summed E-state index contributed by atoms with van der Waals surface area (Å²) in [6.45, 7) is 18.4. The van der Waals surface area contributed by atoms with Crippen molar-refractivity contribution in [1.82, 2.24) is 14.7 Å². The molecule has 12 aromatic rings. The Morgan fingerprint density at radius 3 is 1.41 bits per heavy atom. The number of aryl methyl sites for hydroxylation is 2. The predicted octanol–water partition coefficient (Wildman–Crippen LogP) is 21.2. The summed E-state index contributed by atoms with van der Waals surface area (Å²) < 4.78 is 78.7. The Balaban J connectivity index is 0.577. The smallest absolute Gasteiger partial charge is 0.417 e. The Kier molecular flexibility index (Phi) is 21.0. The maximum atomic E-state index is 14.4. The molecular weight excluding hydrogens is 1420 g/mol. The molecule has 2 unspecified atom stereocenters. The number of nitrogens with zero attached hydrogens (tertiary/aromatic N) is 3. The van der Waals surface area contributed by atoms with Gasteiger partial charge in [-0.1, -0.05) is 105 Å². The SMILES string of the molecule is Cc1ccc(C)c(C(=O)c2sc3cc(O)ccc3c2Oc2ccc(CCN3CC(Oc4ccc5c(Oc6ccc(CCN7CC(Oc8ccc9c(Oc%10ccc(CCN%11CC[C@H](C)C%11)cc%10)c(C(=O)c%10ccccc%10C(F)(F)F)sc9c8)[C@H](C)C7)cc6)c(C(=O)c6ccc(Cl)cc6)sc5c4)[C@H](C)C3)cc2)c1. The van der Waals surface area contributed by atoms with E-state index in [4.69, 9.17) is 35.3 Å². The second-order valence-electron chi connectivity index (χ2n) is 28.6. The zero-order valence-electron chi connectivity index (χ0n) is 59.3.